The molecule has 1 fully saturated rings. The highest BCUT2D eigenvalue weighted by Crippen LogP contribution is 2.37. The van der Waals surface area contributed by atoms with Crippen molar-refractivity contribution in [3.05, 3.63) is 59.1 Å². The molecule has 1 amide bonds. The molecular formula is C19H17ClF3NO3. The first-order valence-electron chi connectivity index (χ1n) is 8.30. The lowest BCUT2D eigenvalue weighted by atomic mass is 9.73. The Hall–Kier alpha value is -2.25. The molecule has 0 saturated carbocycles. The van der Waals surface area contributed by atoms with E-state index in [1.54, 1.807) is 18.2 Å². The molecule has 1 aliphatic rings. The largest absolute Gasteiger partial charge is 0.573 e. The van der Waals surface area contributed by atoms with E-state index in [2.05, 4.69) is 10.1 Å². The third-order valence-corrected chi connectivity index (χ3v) is 4.72. The van der Waals surface area contributed by atoms with E-state index in [-0.39, 0.29) is 11.6 Å². The summed E-state index contributed by atoms with van der Waals surface area (Å²) in [5, 5.41) is 3.22. The van der Waals surface area contributed by atoms with Crippen LogP contribution in [0.1, 0.15) is 18.4 Å². The van der Waals surface area contributed by atoms with Gasteiger partial charge in [-0.3, -0.25) is 4.79 Å². The zero-order valence-corrected chi connectivity index (χ0v) is 14.9. The fraction of sp³-hybridized carbons (Fsp3) is 0.316. The minimum atomic E-state index is -4.80. The Bertz CT molecular complexity index is 820. The average molecular weight is 400 g/mol. The van der Waals surface area contributed by atoms with Crippen LogP contribution >= 0.6 is 11.6 Å². The first-order chi connectivity index (χ1) is 12.8. The quantitative estimate of drug-likeness (QED) is 0.793. The van der Waals surface area contributed by atoms with Crippen molar-refractivity contribution in [3.8, 4) is 5.75 Å². The van der Waals surface area contributed by atoms with Gasteiger partial charge in [0.25, 0.3) is 0 Å². The second-order valence-electron chi connectivity index (χ2n) is 6.23. The Labute approximate surface area is 159 Å². The molecule has 144 valence electrons. The number of rotatable bonds is 4. The Balaban J connectivity index is 1.87. The molecule has 1 saturated heterocycles. The van der Waals surface area contributed by atoms with E-state index in [1.165, 1.54) is 18.2 Å². The summed E-state index contributed by atoms with van der Waals surface area (Å²) < 4.78 is 46.5. The van der Waals surface area contributed by atoms with Crippen molar-refractivity contribution in [1.29, 1.82) is 0 Å². The van der Waals surface area contributed by atoms with Gasteiger partial charge < -0.3 is 14.8 Å². The van der Waals surface area contributed by atoms with Crippen LogP contribution in [0.2, 0.25) is 5.02 Å². The zero-order valence-electron chi connectivity index (χ0n) is 14.2. The number of alkyl halides is 3. The maximum Gasteiger partial charge on any atom is 0.573 e. The molecule has 4 nitrogen and oxygen atoms in total. The molecule has 2 aromatic rings. The van der Waals surface area contributed by atoms with Gasteiger partial charge in [0.15, 0.2) is 0 Å². The highest BCUT2D eigenvalue weighted by Gasteiger charge is 2.42. The molecule has 0 radical (unpaired) electrons. The second-order valence-corrected chi connectivity index (χ2v) is 6.67. The van der Waals surface area contributed by atoms with Crippen molar-refractivity contribution >= 4 is 23.2 Å². The maximum absolute atomic E-state index is 13.1. The van der Waals surface area contributed by atoms with Gasteiger partial charge in [-0.1, -0.05) is 29.8 Å². The first-order valence-corrected chi connectivity index (χ1v) is 8.67. The molecule has 0 bridgehead atoms. The maximum atomic E-state index is 13.1. The fourth-order valence-corrected chi connectivity index (χ4v) is 3.36. The highest BCUT2D eigenvalue weighted by atomic mass is 35.5. The highest BCUT2D eigenvalue weighted by molar-refractivity contribution is 6.30. The Morgan fingerprint density at radius 1 is 1.11 bits per heavy atom. The molecule has 1 aliphatic heterocycles. The summed E-state index contributed by atoms with van der Waals surface area (Å²) in [7, 11) is 0. The first kappa shape index (κ1) is 19.5. The Kier molecular flexibility index (Phi) is 5.62. The summed E-state index contributed by atoms with van der Waals surface area (Å²) >= 11 is 6.09. The van der Waals surface area contributed by atoms with Crippen molar-refractivity contribution in [1.82, 2.24) is 0 Å². The molecule has 0 unspecified atom stereocenters. The van der Waals surface area contributed by atoms with Gasteiger partial charge in [-0.15, -0.1) is 13.2 Å². The molecular weight excluding hydrogens is 383 g/mol. The summed E-state index contributed by atoms with van der Waals surface area (Å²) in [5.74, 6) is -0.721. The fourth-order valence-electron chi connectivity index (χ4n) is 3.17. The van der Waals surface area contributed by atoms with Crippen molar-refractivity contribution < 1.29 is 27.4 Å². The molecule has 0 aromatic heterocycles. The summed E-state index contributed by atoms with van der Waals surface area (Å²) in [5.41, 5.74) is 0.0949. The van der Waals surface area contributed by atoms with Crippen molar-refractivity contribution in [2.45, 2.75) is 24.6 Å². The number of amides is 1. The van der Waals surface area contributed by atoms with Gasteiger partial charge in [0, 0.05) is 30.0 Å². The lowest BCUT2D eigenvalue weighted by Crippen LogP contribution is -2.44. The molecule has 1 heterocycles. The van der Waals surface area contributed by atoms with Crippen LogP contribution in [0.4, 0.5) is 18.9 Å². The van der Waals surface area contributed by atoms with Gasteiger partial charge >= 0.3 is 6.36 Å². The Morgan fingerprint density at radius 3 is 2.48 bits per heavy atom. The van der Waals surface area contributed by atoms with Crippen LogP contribution in [0.5, 0.6) is 5.75 Å². The minimum Gasteiger partial charge on any atom is -0.406 e. The lowest BCUT2D eigenvalue weighted by molar-refractivity contribution is -0.274. The van der Waals surface area contributed by atoms with Crippen LogP contribution in [-0.4, -0.2) is 25.5 Å². The molecule has 0 spiro atoms. The van der Waals surface area contributed by atoms with E-state index >= 15 is 0 Å². The summed E-state index contributed by atoms with van der Waals surface area (Å²) in [4.78, 5) is 13.1. The molecule has 3 rings (SSSR count). The van der Waals surface area contributed by atoms with Gasteiger partial charge in [0.05, 0.1) is 5.41 Å². The summed E-state index contributed by atoms with van der Waals surface area (Å²) in [6.45, 7) is 0.800. The van der Waals surface area contributed by atoms with Crippen molar-refractivity contribution in [2.75, 3.05) is 18.5 Å². The number of carbonyl (C=O) groups excluding carboxylic acids is 1. The SMILES string of the molecule is O=C(Nc1cccc(OC(F)(F)F)c1)C1(c2cccc(Cl)c2)CCOCC1. The molecule has 27 heavy (non-hydrogen) atoms. The molecule has 0 aliphatic carbocycles. The van der Waals surface area contributed by atoms with Crippen molar-refractivity contribution in [2.24, 2.45) is 0 Å². The number of ether oxygens (including phenoxy) is 2. The smallest absolute Gasteiger partial charge is 0.406 e. The van der Waals surface area contributed by atoms with Gasteiger partial charge in [-0.25, -0.2) is 0 Å². The van der Waals surface area contributed by atoms with E-state index in [0.717, 1.165) is 11.6 Å². The predicted molar refractivity (Wildman–Crippen MR) is 94.9 cm³/mol. The molecule has 2 aromatic carbocycles. The molecule has 8 heteroatoms. The van der Waals surface area contributed by atoms with E-state index in [9.17, 15) is 18.0 Å². The van der Waals surface area contributed by atoms with Crippen LogP contribution in [0.25, 0.3) is 0 Å². The monoisotopic (exact) mass is 399 g/mol. The molecule has 1 N–H and O–H groups in total. The number of carbonyl (C=O) groups is 1. The minimum absolute atomic E-state index is 0.217. The van der Waals surface area contributed by atoms with Crippen LogP contribution in [0, 0.1) is 0 Å². The van der Waals surface area contributed by atoms with Gasteiger partial charge in [-0.05, 0) is 42.7 Å². The lowest BCUT2D eigenvalue weighted by Gasteiger charge is -2.36. The molecule has 0 atom stereocenters. The Morgan fingerprint density at radius 2 is 1.81 bits per heavy atom. The van der Waals surface area contributed by atoms with Crippen molar-refractivity contribution in [3.63, 3.8) is 0 Å². The zero-order chi connectivity index (χ0) is 19.5. The number of hydrogen-bond acceptors (Lipinski definition) is 3. The van der Waals surface area contributed by atoms with Gasteiger partial charge in [0.1, 0.15) is 5.75 Å². The van der Waals surface area contributed by atoms with E-state index in [0.29, 0.717) is 31.1 Å². The number of hydrogen-bond donors (Lipinski definition) is 1. The third-order valence-electron chi connectivity index (χ3n) is 4.48. The van der Waals surface area contributed by atoms with Crippen LogP contribution in [-0.2, 0) is 14.9 Å². The number of anilines is 1. The topological polar surface area (TPSA) is 47.6 Å². The third kappa shape index (κ3) is 4.73. The van der Waals surface area contributed by atoms with Gasteiger partial charge in [-0.2, -0.15) is 0 Å². The van der Waals surface area contributed by atoms with Gasteiger partial charge in [0.2, 0.25) is 5.91 Å². The summed E-state index contributed by atoms with van der Waals surface area (Å²) in [6, 6.07) is 12.2. The number of halogens is 4. The van der Waals surface area contributed by atoms with Crippen LogP contribution < -0.4 is 10.1 Å². The standard InChI is InChI=1S/C19H17ClF3NO3/c20-14-4-1-3-13(11-14)18(7-9-26-10-8-18)17(25)24-15-5-2-6-16(12-15)27-19(21,22)23/h1-6,11-12H,7-10H2,(H,24,25). The number of benzene rings is 2. The van der Waals surface area contributed by atoms with E-state index < -0.39 is 17.5 Å². The van der Waals surface area contributed by atoms with E-state index in [4.69, 9.17) is 16.3 Å². The van der Waals surface area contributed by atoms with E-state index in [1.807, 2.05) is 6.07 Å². The summed E-state index contributed by atoms with van der Waals surface area (Å²) in [6.07, 6.45) is -3.92. The second kappa shape index (κ2) is 7.78. The predicted octanol–water partition coefficient (Wildman–Crippen LogP) is 4.93. The van der Waals surface area contributed by atoms with Crippen LogP contribution in [0.3, 0.4) is 0 Å². The number of nitrogens with one attached hydrogen (secondary N) is 1. The van der Waals surface area contributed by atoms with Crippen LogP contribution in [0.15, 0.2) is 48.5 Å². The average Bonchev–Trinajstić information content (AvgIpc) is 2.61. The normalized spacial score (nSPS) is 16.6.